The molecule has 2 aromatic rings. The van der Waals surface area contributed by atoms with Gasteiger partial charge in [0.15, 0.2) is 5.82 Å². The Bertz CT molecular complexity index is 672. The van der Waals surface area contributed by atoms with Crippen molar-refractivity contribution in [1.29, 1.82) is 0 Å². The van der Waals surface area contributed by atoms with Crippen LogP contribution < -0.4 is 5.73 Å². The van der Waals surface area contributed by atoms with Crippen LogP contribution >= 0.6 is 0 Å². The van der Waals surface area contributed by atoms with Crippen LogP contribution in [-0.2, 0) is 13.0 Å². The van der Waals surface area contributed by atoms with Crippen molar-refractivity contribution in [2.45, 2.75) is 13.0 Å². The number of benzene rings is 1. The van der Waals surface area contributed by atoms with Crippen molar-refractivity contribution in [3.8, 4) is 0 Å². The number of anilines is 1. The summed E-state index contributed by atoms with van der Waals surface area (Å²) in [5.41, 5.74) is 8.80. The Balaban J connectivity index is 1.89. The SMILES string of the molecule is Nc1cccc2c1CN(C(=O)c1ccncc1F)CC2. The third-order valence-corrected chi connectivity index (χ3v) is 3.60. The Hall–Kier alpha value is -2.43. The van der Waals surface area contributed by atoms with Crippen LogP contribution in [0.4, 0.5) is 10.1 Å². The lowest BCUT2D eigenvalue weighted by Gasteiger charge is -2.29. The summed E-state index contributed by atoms with van der Waals surface area (Å²) in [6.07, 6.45) is 3.21. The first kappa shape index (κ1) is 12.6. The molecule has 0 bridgehead atoms. The molecular weight excluding hydrogens is 257 g/mol. The molecule has 0 saturated carbocycles. The van der Waals surface area contributed by atoms with Crippen molar-refractivity contribution in [3.63, 3.8) is 0 Å². The van der Waals surface area contributed by atoms with E-state index in [2.05, 4.69) is 4.98 Å². The summed E-state index contributed by atoms with van der Waals surface area (Å²) >= 11 is 0. The molecule has 1 aliphatic heterocycles. The number of rotatable bonds is 1. The number of halogens is 1. The quantitative estimate of drug-likeness (QED) is 0.807. The number of hydrogen-bond donors (Lipinski definition) is 1. The topological polar surface area (TPSA) is 59.2 Å². The summed E-state index contributed by atoms with van der Waals surface area (Å²) in [7, 11) is 0. The van der Waals surface area contributed by atoms with Crippen LogP contribution in [-0.4, -0.2) is 22.3 Å². The minimum Gasteiger partial charge on any atom is -0.398 e. The van der Waals surface area contributed by atoms with Gasteiger partial charge < -0.3 is 10.6 Å². The monoisotopic (exact) mass is 271 g/mol. The zero-order valence-electron chi connectivity index (χ0n) is 10.8. The average molecular weight is 271 g/mol. The number of aromatic nitrogens is 1. The second kappa shape index (κ2) is 4.92. The minimum atomic E-state index is -0.593. The summed E-state index contributed by atoms with van der Waals surface area (Å²) in [5.74, 6) is -0.914. The van der Waals surface area contributed by atoms with E-state index in [0.717, 1.165) is 23.7 Å². The molecule has 102 valence electrons. The number of carbonyl (C=O) groups excluding carboxylic acids is 1. The molecule has 0 spiro atoms. The first-order valence-corrected chi connectivity index (χ1v) is 6.42. The molecular formula is C15H14FN3O. The maximum absolute atomic E-state index is 13.6. The lowest BCUT2D eigenvalue weighted by atomic mass is 9.97. The van der Waals surface area contributed by atoms with Crippen LogP contribution in [0.3, 0.4) is 0 Å². The third-order valence-electron chi connectivity index (χ3n) is 3.60. The summed E-state index contributed by atoms with van der Waals surface area (Å²) in [4.78, 5) is 17.6. The highest BCUT2D eigenvalue weighted by Crippen LogP contribution is 2.25. The van der Waals surface area contributed by atoms with E-state index in [9.17, 15) is 9.18 Å². The molecule has 0 saturated heterocycles. The molecule has 0 radical (unpaired) electrons. The van der Waals surface area contributed by atoms with Gasteiger partial charge in [-0.15, -0.1) is 0 Å². The number of nitrogens with zero attached hydrogens (tertiary/aromatic N) is 2. The van der Waals surface area contributed by atoms with E-state index in [1.807, 2.05) is 18.2 Å². The Morgan fingerprint density at radius 3 is 3.00 bits per heavy atom. The predicted molar refractivity (Wildman–Crippen MR) is 73.5 cm³/mol. The van der Waals surface area contributed by atoms with E-state index >= 15 is 0 Å². The lowest BCUT2D eigenvalue weighted by Crippen LogP contribution is -2.36. The molecule has 0 atom stereocenters. The molecule has 1 aromatic carbocycles. The average Bonchev–Trinajstić information content (AvgIpc) is 2.47. The van der Waals surface area contributed by atoms with Crippen LogP contribution in [0.5, 0.6) is 0 Å². The molecule has 20 heavy (non-hydrogen) atoms. The summed E-state index contributed by atoms with van der Waals surface area (Å²) < 4.78 is 13.6. The normalized spacial score (nSPS) is 13.9. The molecule has 1 aromatic heterocycles. The van der Waals surface area contributed by atoms with Crippen LogP contribution in [0.1, 0.15) is 21.5 Å². The maximum atomic E-state index is 13.6. The first-order valence-electron chi connectivity index (χ1n) is 6.42. The lowest BCUT2D eigenvalue weighted by molar-refractivity contribution is 0.0730. The van der Waals surface area contributed by atoms with Crippen molar-refractivity contribution in [2.24, 2.45) is 0 Å². The third kappa shape index (κ3) is 2.11. The summed E-state index contributed by atoms with van der Waals surface area (Å²) in [6.45, 7) is 0.986. The van der Waals surface area contributed by atoms with Crippen LogP contribution in [0.2, 0.25) is 0 Å². The van der Waals surface area contributed by atoms with Crippen LogP contribution in [0.25, 0.3) is 0 Å². The zero-order chi connectivity index (χ0) is 14.1. The van der Waals surface area contributed by atoms with Crippen molar-refractivity contribution in [2.75, 3.05) is 12.3 Å². The van der Waals surface area contributed by atoms with Crippen molar-refractivity contribution in [3.05, 3.63) is 59.2 Å². The van der Waals surface area contributed by atoms with E-state index in [1.54, 1.807) is 4.90 Å². The molecule has 4 nitrogen and oxygen atoms in total. The molecule has 1 amide bonds. The number of nitrogens with two attached hydrogens (primary N) is 1. The molecule has 2 heterocycles. The van der Waals surface area contributed by atoms with Gasteiger partial charge >= 0.3 is 0 Å². The molecule has 1 aliphatic rings. The molecule has 0 unspecified atom stereocenters. The van der Waals surface area contributed by atoms with Gasteiger partial charge in [-0.05, 0) is 29.7 Å². The van der Waals surface area contributed by atoms with Gasteiger partial charge in [-0.3, -0.25) is 9.78 Å². The predicted octanol–water partition coefficient (Wildman–Crippen LogP) is 2.00. The van der Waals surface area contributed by atoms with Gasteiger partial charge in [-0.2, -0.15) is 0 Å². The van der Waals surface area contributed by atoms with Gasteiger partial charge in [-0.25, -0.2) is 4.39 Å². The van der Waals surface area contributed by atoms with Gasteiger partial charge in [0.2, 0.25) is 0 Å². The largest absolute Gasteiger partial charge is 0.398 e. The number of amides is 1. The summed E-state index contributed by atoms with van der Waals surface area (Å²) in [6, 6.07) is 7.15. The van der Waals surface area contributed by atoms with Gasteiger partial charge in [-0.1, -0.05) is 12.1 Å². The fourth-order valence-corrected chi connectivity index (χ4v) is 2.50. The van der Waals surface area contributed by atoms with Gasteiger partial charge in [0.05, 0.1) is 11.8 Å². The highest BCUT2D eigenvalue weighted by atomic mass is 19.1. The number of pyridine rings is 1. The second-order valence-corrected chi connectivity index (χ2v) is 4.82. The molecule has 5 heteroatoms. The Labute approximate surface area is 116 Å². The van der Waals surface area contributed by atoms with E-state index in [4.69, 9.17) is 5.73 Å². The van der Waals surface area contributed by atoms with E-state index in [1.165, 1.54) is 12.3 Å². The minimum absolute atomic E-state index is 0.0537. The van der Waals surface area contributed by atoms with Gasteiger partial charge in [0.25, 0.3) is 5.91 Å². The number of hydrogen-bond acceptors (Lipinski definition) is 3. The van der Waals surface area contributed by atoms with Crippen molar-refractivity contribution < 1.29 is 9.18 Å². The molecule has 3 rings (SSSR count). The highest BCUT2D eigenvalue weighted by Gasteiger charge is 2.24. The van der Waals surface area contributed by atoms with Crippen molar-refractivity contribution >= 4 is 11.6 Å². The highest BCUT2D eigenvalue weighted by molar-refractivity contribution is 5.94. The Morgan fingerprint density at radius 2 is 2.20 bits per heavy atom. The maximum Gasteiger partial charge on any atom is 0.257 e. The van der Waals surface area contributed by atoms with Gasteiger partial charge in [0.1, 0.15) is 0 Å². The van der Waals surface area contributed by atoms with Crippen LogP contribution in [0.15, 0.2) is 36.7 Å². The number of nitrogen functional groups attached to an aromatic ring is 1. The molecule has 0 fully saturated rings. The fraction of sp³-hybridized carbons (Fsp3) is 0.200. The Kier molecular flexibility index (Phi) is 3.10. The summed E-state index contributed by atoms with van der Waals surface area (Å²) in [5, 5.41) is 0. The number of fused-ring (bicyclic) bond motifs is 1. The standard InChI is InChI=1S/C15H14FN3O/c16-13-8-18-6-4-11(13)15(20)19-7-5-10-2-1-3-14(17)12(10)9-19/h1-4,6,8H,5,7,9,17H2. The fourth-order valence-electron chi connectivity index (χ4n) is 2.50. The van der Waals surface area contributed by atoms with Gasteiger partial charge in [0, 0.05) is 25.0 Å². The van der Waals surface area contributed by atoms with Crippen molar-refractivity contribution in [1.82, 2.24) is 9.88 Å². The second-order valence-electron chi connectivity index (χ2n) is 4.82. The smallest absolute Gasteiger partial charge is 0.257 e. The van der Waals surface area contributed by atoms with E-state index in [0.29, 0.717) is 18.8 Å². The Morgan fingerprint density at radius 1 is 1.35 bits per heavy atom. The van der Waals surface area contributed by atoms with Crippen LogP contribution in [0, 0.1) is 5.82 Å². The van der Waals surface area contributed by atoms with E-state index < -0.39 is 5.82 Å². The molecule has 2 N–H and O–H groups in total. The van der Waals surface area contributed by atoms with E-state index in [-0.39, 0.29) is 11.5 Å². The zero-order valence-corrected chi connectivity index (χ0v) is 10.8. The number of carbonyl (C=O) groups is 1. The molecule has 0 aliphatic carbocycles. The first-order chi connectivity index (χ1) is 9.66.